The molecule has 0 aromatic heterocycles. The lowest BCUT2D eigenvalue weighted by molar-refractivity contribution is -0.272. The predicted molar refractivity (Wildman–Crippen MR) is 104 cm³/mol. The van der Waals surface area contributed by atoms with Crippen LogP contribution in [0.15, 0.2) is 24.6 Å². The number of rotatable bonds is 8. The minimum absolute atomic E-state index is 0.204. The number of nitrogens with one attached hydrogen (secondary N) is 1. The van der Waals surface area contributed by atoms with E-state index in [1.807, 2.05) is 0 Å². The molecular formula is C20H35F6NO3. The topological polar surface area (TPSA) is 61.7 Å². The first-order valence-corrected chi connectivity index (χ1v) is 9.46. The number of hydrogen-bond donors (Lipinski definition) is 3. The van der Waals surface area contributed by atoms with E-state index < -0.39 is 53.0 Å². The highest BCUT2D eigenvalue weighted by molar-refractivity contribution is 5.16. The monoisotopic (exact) mass is 451 g/mol. The summed E-state index contributed by atoms with van der Waals surface area (Å²) in [7, 11) is 0. The van der Waals surface area contributed by atoms with E-state index >= 15 is 0 Å². The first kappa shape index (κ1) is 30.8. The lowest BCUT2D eigenvalue weighted by Crippen LogP contribution is -2.54. The molecule has 0 rings (SSSR count). The number of ether oxygens (including phenoxy) is 1. The zero-order valence-corrected chi connectivity index (χ0v) is 18.8. The fourth-order valence-corrected chi connectivity index (χ4v) is 2.49. The standard InChI is InChI=1S/C10H18F3NO.C10H17F3O2/c1-6(2)9(15,10(11,12)13)8(5)14-7(3)4;1-6(2)9(14,10(11,12)13)8(5)15-7(3)4/h6-7,14-15H,5H2,1-4H3;6-7,14H,5H2,1-4H3. The van der Waals surface area contributed by atoms with Gasteiger partial charge in [-0.2, -0.15) is 26.3 Å². The van der Waals surface area contributed by atoms with Crippen LogP contribution in [-0.4, -0.2) is 45.9 Å². The third kappa shape index (κ3) is 7.37. The SMILES string of the molecule is C=C(NC(C)C)C(O)(C(C)C)C(F)(F)F.C=C(OC(C)C)C(O)(C(C)C)C(F)(F)F. The third-order valence-electron chi connectivity index (χ3n) is 4.26. The molecule has 0 amide bonds. The molecule has 30 heavy (non-hydrogen) atoms. The van der Waals surface area contributed by atoms with Gasteiger partial charge in [0.15, 0.2) is 0 Å². The molecule has 0 heterocycles. The van der Waals surface area contributed by atoms with Crippen LogP contribution in [0.3, 0.4) is 0 Å². The van der Waals surface area contributed by atoms with Gasteiger partial charge in [-0.1, -0.05) is 40.9 Å². The van der Waals surface area contributed by atoms with Crippen molar-refractivity contribution >= 4 is 0 Å². The summed E-state index contributed by atoms with van der Waals surface area (Å²) in [6, 6.07) is -0.204. The fourth-order valence-electron chi connectivity index (χ4n) is 2.49. The molecule has 0 aliphatic heterocycles. The zero-order chi connectivity index (χ0) is 24.9. The maximum atomic E-state index is 12.7. The van der Waals surface area contributed by atoms with Gasteiger partial charge in [-0.15, -0.1) is 0 Å². The predicted octanol–water partition coefficient (Wildman–Crippen LogP) is 5.32. The fraction of sp³-hybridized carbons (Fsp3) is 0.800. The number of alkyl halides is 6. The van der Waals surface area contributed by atoms with Crippen LogP contribution in [0.1, 0.15) is 55.4 Å². The summed E-state index contributed by atoms with van der Waals surface area (Å²) < 4.78 is 80.9. The average molecular weight is 451 g/mol. The molecule has 0 aliphatic carbocycles. The van der Waals surface area contributed by atoms with Crippen LogP contribution in [0.5, 0.6) is 0 Å². The van der Waals surface area contributed by atoms with Crippen LogP contribution in [-0.2, 0) is 4.74 Å². The molecule has 0 bridgehead atoms. The lowest BCUT2D eigenvalue weighted by Gasteiger charge is -2.36. The zero-order valence-electron chi connectivity index (χ0n) is 18.8. The Kier molecular flexibility index (Phi) is 11.0. The summed E-state index contributed by atoms with van der Waals surface area (Å²) in [6.07, 6.45) is -9.96. The molecule has 0 radical (unpaired) electrons. The van der Waals surface area contributed by atoms with E-state index in [9.17, 15) is 36.6 Å². The van der Waals surface area contributed by atoms with E-state index in [2.05, 4.69) is 18.5 Å². The molecular weight excluding hydrogens is 416 g/mol. The van der Waals surface area contributed by atoms with Gasteiger partial charge in [0.2, 0.25) is 11.2 Å². The minimum atomic E-state index is -4.78. The van der Waals surface area contributed by atoms with Crippen LogP contribution in [0.4, 0.5) is 26.3 Å². The maximum absolute atomic E-state index is 12.7. The van der Waals surface area contributed by atoms with Crippen molar-refractivity contribution < 1.29 is 41.3 Å². The first-order valence-electron chi connectivity index (χ1n) is 9.46. The van der Waals surface area contributed by atoms with Crippen molar-refractivity contribution in [3.8, 4) is 0 Å². The van der Waals surface area contributed by atoms with E-state index in [4.69, 9.17) is 4.74 Å². The number of halogens is 6. The van der Waals surface area contributed by atoms with Gasteiger partial charge in [-0.3, -0.25) is 0 Å². The Morgan fingerprint density at radius 1 is 0.733 bits per heavy atom. The summed E-state index contributed by atoms with van der Waals surface area (Å²) in [5, 5.41) is 21.8. The highest BCUT2D eigenvalue weighted by Crippen LogP contribution is 2.42. The second-order valence-corrected chi connectivity index (χ2v) is 8.21. The molecule has 0 spiro atoms. The smallest absolute Gasteiger partial charge is 0.424 e. The average Bonchev–Trinajstić information content (AvgIpc) is 2.49. The van der Waals surface area contributed by atoms with E-state index in [1.165, 1.54) is 27.7 Å². The second-order valence-electron chi connectivity index (χ2n) is 8.21. The molecule has 180 valence electrons. The molecule has 0 aliphatic rings. The van der Waals surface area contributed by atoms with Crippen molar-refractivity contribution in [2.24, 2.45) is 11.8 Å². The molecule has 0 saturated heterocycles. The second kappa shape index (κ2) is 10.7. The van der Waals surface area contributed by atoms with Crippen molar-refractivity contribution in [2.75, 3.05) is 0 Å². The van der Waals surface area contributed by atoms with Crippen LogP contribution in [0, 0.1) is 11.8 Å². The molecule has 2 unspecified atom stereocenters. The molecule has 0 aromatic rings. The highest BCUT2D eigenvalue weighted by Gasteiger charge is 2.59. The molecule has 0 aromatic carbocycles. The van der Waals surface area contributed by atoms with E-state index in [0.29, 0.717) is 0 Å². The van der Waals surface area contributed by atoms with Gasteiger partial charge in [-0.05, 0) is 39.5 Å². The normalized spacial score (nSPS) is 16.7. The van der Waals surface area contributed by atoms with Crippen LogP contribution in [0.25, 0.3) is 0 Å². The minimum Gasteiger partial charge on any atom is -0.493 e. The van der Waals surface area contributed by atoms with Gasteiger partial charge in [-0.25, -0.2) is 0 Å². The molecule has 2 atom stereocenters. The largest absolute Gasteiger partial charge is 0.493 e. The maximum Gasteiger partial charge on any atom is 0.424 e. The summed E-state index contributed by atoms with van der Waals surface area (Å²) in [5.41, 5.74) is -6.27. The summed E-state index contributed by atoms with van der Waals surface area (Å²) in [5.74, 6) is -2.69. The van der Waals surface area contributed by atoms with Gasteiger partial charge < -0.3 is 20.3 Å². The molecule has 3 N–H and O–H groups in total. The van der Waals surface area contributed by atoms with Gasteiger partial charge in [0, 0.05) is 11.7 Å². The van der Waals surface area contributed by atoms with Gasteiger partial charge in [0.25, 0.3) is 0 Å². The summed E-state index contributed by atoms with van der Waals surface area (Å²) in [4.78, 5) is 0. The van der Waals surface area contributed by atoms with E-state index in [1.54, 1.807) is 27.7 Å². The van der Waals surface area contributed by atoms with Crippen molar-refractivity contribution in [1.82, 2.24) is 5.32 Å². The molecule has 10 heteroatoms. The van der Waals surface area contributed by atoms with Crippen LogP contribution < -0.4 is 5.32 Å². The van der Waals surface area contributed by atoms with Crippen molar-refractivity contribution in [3.63, 3.8) is 0 Å². The lowest BCUT2D eigenvalue weighted by atomic mass is 9.86. The third-order valence-corrected chi connectivity index (χ3v) is 4.26. The van der Waals surface area contributed by atoms with Crippen LogP contribution in [0.2, 0.25) is 0 Å². The highest BCUT2D eigenvalue weighted by atomic mass is 19.4. The Balaban J connectivity index is 0. The quantitative estimate of drug-likeness (QED) is 0.345. The van der Waals surface area contributed by atoms with Gasteiger partial charge in [0.05, 0.1) is 6.10 Å². The number of hydrogen-bond acceptors (Lipinski definition) is 4. The van der Waals surface area contributed by atoms with Crippen LogP contribution >= 0.6 is 0 Å². The van der Waals surface area contributed by atoms with Crippen molar-refractivity contribution in [3.05, 3.63) is 24.6 Å². The van der Waals surface area contributed by atoms with E-state index in [0.717, 1.165) is 0 Å². The Morgan fingerprint density at radius 2 is 1.07 bits per heavy atom. The van der Waals surface area contributed by atoms with Crippen molar-refractivity contribution in [1.29, 1.82) is 0 Å². The summed E-state index contributed by atoms with van der Waals surface area (Å²) >= 11 is 0. The number of aliphatic hydroxyl groups is 2. The van der Waals surface area contributed by atoms with Crippen molar-refractivity contribution in [2.45, 2.75) is 91.1 Å². The Bertz CT molecular complexity index is 520. The molecule has 4 nitrogen and oxygen atoms in total. The Morgan fingerprint density at radius 3 is 1.27 bits per heavy atom. The van der Waals surface area contributed by atoms with Gasteiger partial charge >= 0.3 is 12.4 Å². The molecule has 0 fully saturated rings. The van der Waals surface area contributed by atoms with E-state index in [-0.39, 0.29) is 6.04 Å². The Hall–Kier alpha value is -1.42. The Labute approximate surface area is 175 Å². The molecule has 0 saturated carbocycles. The van der Waals surface area contributed by atoms with Gasteiger partial charge in [0.1, 0.15) is 5.76 Å². The summed E-state index contributed by atoms with van der Waals surface area (Å²) in [6.45, 7) is 18.1. The first-order chi connectivity index (χ1) is 13.1.